The third-order valence-electron chi connectivity index (χ3n) is 10.3. The number of carbonyl (C=O) groups is 4. The maximum absolute atomic E-state index is 15.8. The monoisotopic (exact) mass is 640 g/mol. The number of nitrogens with one attached hydrogen (secondary N) is 1. The molecule has 4 fully saturated rings. The average Bonchev–Trinajstić information content (AvgIpc) is 3.35. The van der Waals surface area contributed by atoms with Crippen molar-refractivity contribution in [2.24, 2.45) is 11.8 Å². The van der Waals surface area contributed by atoms with Gasteiger partial charge in [0.15, 0.2) is 5.82 Å². The Morgan fingerprint density at radius 1 is 0.870 bits per heavy atom. The van der Waals surface area contributed by atoms with E-state index in [1.807, 2.05) is 25.7 Å². The zero-order valence-electron chi connectivity index (χ0n) is 27.6. The highest BCUT2D eigenvalue weighted by Crippen LogP contribution is 2.35. The molecule has 0 saturated carbocycles. The van der Waals surface area contributed by atoms with Crippen LogP contribution < -0.4 is 10.2 Å². The molecular formula is C34H49FN6O5. The number of ether oxygens (including phenoxy) is 1. The molecule has 0 aromatic heterocycles. The molecule has 4 amide bonds. The van der Waals surface area contributed by atoms with Crippen LogP contribution in [-0.4, -0.2) is 121 Å². The van der Waals surface area contributed by atoms with Gasteiger partial charge < -0.3 is 29.2 Å². The SMILES string of the molecule is CC(C)(C)OC(=O)N1CCC(CN2CCN(CC3CCN(c4ccc5c(c4F)CN(C4CCC(=O)NC4=O)C5=O)CC3)CC2)CC1. The molecule has 5 aliphatic heterocycles. The van der Waals surface area contributed by atoms with Crippen molar-refractivity contribution in [3.05, 3.63) is 29.1 Å². The molecule has 0 radical (unpaired) electrons. The van der Waals surface area contributed by atoms with Crippen LogP contribution in [0.2, 0.25) is 0 Å². The van der Waals surface area contributed by atoms with Crippen molar-refractivity contribution in [1.29, 1.82) is 0 Å². The first-order chi connectivity index (χ1) is 21.9. The Morgan fingerprint density at radius 3 is 2.02 bits per heavy atom. The highest BCUT2D eigenvalue weighted by molar-refractivity contribution is 6.05. The van der Waals surface area contributed by atoms with E-state index in [1.165, 1.54) is 4.90 Å². The van der Waals surface area contributed by atoms with Gasteiger partial charge in [0.1, 0.15) is 11.6 Å². The number of rotatable bonds is 6. The number of halogens is 1. The number of benzene rings is 1. The molecule has 1 N–H and O–H groups in total. The number of carbonyl (C=O) groups excluding carboxylic acids is 4. The molecule has 5 heterocycles. The van der Waals surface area contributed by atoms with E-state index in [9.17, 15) is 19.2 Å². The van der Waals surface area contributed by atoms with Gasteiger partial charge in [-0.2, -0.15) is 0 Å². The molecule has 12 heteroatoms. The third kappa shape index (κ3) is 7.33. The molecule has 0 aliphatic carbocycles. The van der Waals surface area contributed by atoms with Gasteiger partial charge in [-0.05, 0) is 76.8 Å². The molecule has 6 rings (SSSR count). The first-order valence-electron chi connectivity index (χ1n) is 17.1. The maximum atomic E-state index is 15.8. The van der Waals surface area contributed by atoms with E-state index in [4.69, 9.17) is 4.74 Å². The highest BCUT2D eigenvalue weighted by atomic mass is 19.1. The summed E-state index contributed by atoms with van der Waals surface area (Å²) in [6.07, 6.45) is 4.28. The Bertz CT molecular complexity index is 1330. The Hall–Kier alpha value is -3.25. The van der Waals surface area contributed by atoms with Crippen molar-refractivity contribution in [3.63, 3.8) is 0 Å². The fourth-order valence-corrected chi connectivity index (χ4v) is 7.70. The van der Waals surface area contributed by atoms with E-state index < -0.39 is 17.6 Å². The van der Waals surface area contributed by atoms with Gasteiger partial charge in [0.25, 0.3) is 5.91 Å². The second-order valence-electron chi connectivity index (χ2n) is 14.8. The zero-order chi connectivity index (χ0) is 32.6. The Kier molecular flexibility index (Phi) is 9.57. The van der Waals surface area contributed by atoms with Gasteiger partial charge in [-0.1, -0.05) is 0 Å². The fourth-order valence-electron chi connectivity index (χ4n) is 7.70. The molecule has 1 unspecified atom stereocenters. The van der Waals surface area contributed by atoms with Crippen molar-refractivity contribution >= 4 is 29.5 Å². The van der Waals surface area contributed by atoms with Crippen molar-refractivity contribution in [3.8, 4) is 0 Å². The summed E-state index contributed by atoms with van der Waals surface area (Å²) < 4.78 is 21.3. The van der Waals surface area contributed by atoms with Crippen LogP contribution in [0.25, 0.3) is 0 Å². The summed E-state index contributed by atoms with van der Waals surface area (Å²) in [4.78, 5) is 59.9. The fraction of sp³-hybridized carbons (Fsp3) is 0.706. The van der Waals surface area contributed by atoms with Crippen molar-refractivity contribution in [1.82, 2.24) is 24.9 Å². The average molecular weight is 641 g/mol. The van der Waals surface area contributed by atoms with Gasteiger partial charge in [-0.3, -0.25) is 19.7 Å². The Labute approximate surface area is 271 Å². The Balaban J connectivity index is 0.925. The summed E-state index contributed by atoms with van der Waals surface area (Å²) in [6, 6.07) is 2.65. The normalized spacial score (nSPS) is 24.4. The number of piperidine rings is 3. The second-order valence-corrected chi connectivity index (χ2v) is 14.8. The molecule has 46 heavy (non-hydrogen) atoms. The summed E-state index contributed by atoms with van der Waals surface area (Å²) in [5, 5.41) is 2.30. The molecular weight excluding hydrogens is 591 g/mol. The summed E-state index contributed by atoms with van der Waals surface area (Å²) in [7, 11) is 0. The highest BCUT2D eigenvalue weighted by Gasteiger charge is 2.41. The number of fused-ring (bicyclic) bond motifs is 1. The van der Waals surface area contributed by atoms with E-state index in [-0.39, 0.29) is 43.1 Å². The minimum Gasteiger partial charge on any atom is -0.444 e. The topological polar surface area (TPSA) is 106 Å². The van der Waals surface area contributed by atoms with Gasteiger partial charge in [0.2, 0.25) is 11.8 Å². The maximum Gasteiger partial charge on any atom is 0.410 e. The van der Waals surface area contributed by atoms with Gasteiger partial charge >= 0.3 is 6.09 Å². The largest absolute Gasteiger partial charge is 0.444 e. The van der Waals surface area contributed by atoms with E-state index in [2.05, 4.69) is 20.0 Å². The van der Waals surface area contributed by atoms with Crippen molar-refractivity contribution in [2.75, 3.05) is 70.3 Å². The number of imide groups is 1. The lowest BCUT2D eigenvalue weighted by Gasteiger charge is -2.41. The number of likely N-dealkylation sites (tertiary alicyclic amines) is 1. The summed E-state index contributed by atoms with van der Waals surface area (Å²) in [5.41, 5.74) is 0.728. The predicted octanol–water partition coefficient (Wildman–Crippen LogP) is 3.07. The smallest absolute Gasteiger partial charge is 0.410 e. The first-order valence-corrected chi connectivity index (χ1v) is 17.1. The lowest BCUT2D eigenvalue weighted by Crippen LogP contribution is -2.52. The van der Waals surface area contributed by atoms with Crippen LogP contribution in [0, 0.1) is 17.7 Å². The zero-order valence-corrected chi connectivity index (χ0v) is 27.6. The van der Waals surface area contributed by atoms with E-state index in [1.54, 1.807) is 12.1 Å². The molecule has 1 aromatic carbocycles. The van der Waals surface area contributed by atoms with Crippen molar-refractivity contribution in [2.45, 2.75) is 77.5 Å². The van der Waals surface area contributed by atoms with Crippen LogP contribution in [0.3, 0.4) is 0 Å². The summed E-state index contributed by atoms with van der Waals surface area (Å²) in [5.74, 6) is -0.355. The van der Waals surface area contributed by atoms with Crippen LogP contribution in [0.5, 0.6) is 0 Å². The molecule has 0 spiro atoms. The predicted molar refractivity (Wildman–Crippen MR) is 171 cm³/mol. The number of piperazine rings is 1. The van der Waals surface area contributed by atoms with Gasteiger partial charge in [0.05, 0.1) is 12.2 Å². The lowest BCUT2D eigenvalue weighted by molar-refractivity contribution is -0.136. The van der Waals surface area contributed by atoms with Gasteiger partial charge in [-0.15, -0.1) is 0 Å². The number of amides is 4. The van der Waals surface area contributed by atoms with E-state index in [0.29, 0.717) is 28.7 Å². The van der Waals surface area contributed by atoms with Crippen LogP contribution in [0.4, 0.5) is 14.9 Å². The quantitative estimate of drug-likeness (QED) is 0.474. The van der Waals surface area contributed by atoms with Crippen LogP contribution in [0.15, 0.2) is 12.1 Å². The lowest BCUT2D eigenvalue weighted by atomic mass is 9.94. The summed E-state index contributed by atoms with van der Waals surface area (Å²) in [6.45, 7) is 15.3. The molecule has 5 aliphatic rings. The van der Waals surface area contributed by atoms with E-state index in [0.717, 1.165) is 91.1 Å². The number of hydrogen-bond donors (Lipinski definition) is 1. The van der Waals surface area contributed by atoms with Crippen LogP contribution in [-0.2, 0) is 20.9 Å². The van der Waals surface area contributed by atoms with Gasteiger partial charge in [-0.25, -0.2) is 9.18 Å². The van der Waals surface area contributed by atoms with Gasteiger partial charge in [0, 0.05) is 83.0 Å². The number of hydrogen-bond acceptors (Lipinski definition) is 8. The number of anilines is 1. The first kappa shape index (κ1) is 32.7. The standard InChI is InChI=1S/C34H49FN6O5/c1-34(2,3)46-33(45)40-14-10-24(11-15-40)21-38-18-16-37(17-19-38)20-23-8-12-39(13-9-23)27-5-4-25-26(30(27)35)22-41(32(25)44)28-6-7-29(42)36-31(28)43/h4-5,23-24,28H,6-22H2,1-3H3,(H,36,42,43). The summed E-state index contributed by atoms with van der Waals surface area (Å²) >= 11 is 0. The minimum absolute atomic E-state index is 0.0494. The molecule has 252 valence electrons. The minimum atomic E-state index is -0.748. The Morgan fingerprint density at radius 2 is 1.46 bits per heavy atom. The molecule has 11 nitrogen and oxygen atoms in total. The van der Waals surface area contributed by atoms with Crippen LogP contribution >= 0.6 is 0 Å². The number of nitrogens with zero attached hydrogens (tertiary/aromatic N) is 5. The second kappa shape index (κ2) is 13.5. The van der Waals surface area contributed by atoms with E-state index >= 15 is 4.39 Å². The van der Waals surface area contributed by atoms with Crippen LogP contribution in [0.1, 0.15) is 75.2 Å². The molecule has 1 aromatic rings. The molecule has 0 bridgehead atoms. The molecule has 1 atom stereocenters. The van der Waals surface area contributed by atoms with Crippen molar-refractivity contribution < 1.29 is 28.3 Å². The molecule has 4 saturated heterocycles. The third-order valence-corrected chi connectivity index (χ3v) is 10.3.